The second-order valence-electron chi connectivity index (χ2n) is 8.66. The lowest BCUT2D eigenvalue weighted by Gasteiger charge is -2.32. The Hall–Kier alpha value is -3.47. The third-order valence-electron chi connectivity index (χ3n) is 6.51. The van der Waals surface area contributed by atoms with Gasteiger partial charge in [0.15, 0.2) is 0 Å². The van der Waals surface area contributed by atoms with Gasteiger partial charge in [0.1, 0.15) is 5.65 Å². The number of aryl methyl sites for hydroxylation is 1. The van der Waals surface area contributed by atoms with Gasteiger partial charge in [-0.1, -0.05) is 42.5 Å². The van der Waals surface area contributed by atoms with Crippen molar-refractivity contribution in [2.45, 2.75) is 38.5 Å². The molecular weight excluding hydrogens is 396 g/mol. The fourth-order valence-electron chi connectivity index (χ4n) is 4.67. The molecule has 0 N–H and O–H groups in total. The number of rotatable bonds is 5. The first-order chi connectivity index (χ1) is 15.7. The molecule has 0 unspecified atom stereocenters. The van der Waals surface area contributed by atoms with E-state index in [1.807, 2.05) is 52.9 Å². The van der Waals surface area contributed by atoms with Gasteiger partial charge in [0.05, 0.1) is 17.8 Å². The van der Waals surface area contributed by atoms with Gasteiger partial charge in [-0.05, 0) is 55.5 Å². The quantitative estimate of drug-likeness (QED) is 0.471. The maximum Gasteiger partial charge on any atom is 0.228 e. The summed E-state index contributed by atoms with van der Waals surface area (Å²) in [6, 6.07) is 20.8. The topological polar surface area (TPSA) is 50.5 Å². The van der Waals surface area contributed by atoms with E-state index in [9.17, 15) is 4.79 Å². The van der Waals surface area contributed by atoms with E-state index in [4.69, 9.17) is 4.98 Å². The molecule has 0 spiro atoms. The van der Waals surface area contributed by atoms with Crippen LogP contribution in [0, 0.1) is 6.92 Å². The van der Waals surface area contributed by atoms with Crippen molar-refractivity contribution in [1.29, 1.82) is 0 Å². The molecule has 5 rings (SSSR count). The van der Waals surface area contributed by atoms with Gasteiger partial charge in [-0.15, -0.1) is 0 Å². The van der Waals surface area contributed by atoms with E-state index in [0.29, 0.717) is 12.3 Å². The monoisotopic (exact) mass is 424 g/mol. The Bertz CT molecular complexity index is 1210. The number of fused-ring (bicyclic) bond motifs is 1. The highest BCUT2D eigenvalue weighted by Crippen LogP contribution is 2.27. The molecule has 162 valence electrons. The van der Waals surface area contributed by atoms with Crippen LogP contribution in [0.5, 0.6) is 0 Å². The van der Waals surface area contributed by atoms with Crippen LogP contribution in [0.3, 0.4) is 0 Å². The highest BCUT2D eigenvalue weighted by molar-refractivity contribution is 5.79. The Balaban J connectivity index is 1.18. The lowest BCUT2D eigenvalue weighted by Crippen LogP contribution is -2.39. The molecule has 1 saturated heterocycles. The zero-order valence-corrected chi connectivity index (χ0v) is 18.4. The summed E-state index contributed by atoms with van der Waals surface area (Å²) >= 11 is 0. The molecule has 1 aliphatic rings. The van der Waals surface area contributed by atoms with Crippen molar-refractivity contribution in [1.82, 2.24) is 19.3 Å². The Labute approximate surface area is 188 Å². The minimum absolute atomic E-state index is 0.184. The number of hydrogen-bond donors (Lipinski definition) is 0. The number of pyridine rings is 2. The van der Waals surface area contributed by atoms with Crippen LogP contribution in [0.2, 0.25) is 0 Å². The SMILES string of the molecule is Cc1nc2ccccn2c1CC(=O)N1CCC(c2ccc(Cc3ccccc3)cn2)CC1. The van der Waals surface area contributed by atoms with Crippen molar-refractivity contribution in [2.75, 3.05) is 13.1 Å². The van der Waals surface area contributed by atoms with Gasteiger partial charge in [0.2, 0.25) is 5.91 Å². The Morgan fingerprint density at radius 1 is 0.969 bits per heavy atom. The molecule has 1 fully saturated rings. The predicted molar refractivity (Wildman–Crippen MR) is 126 cm³/mol. The highest BCUT2D eigenvalue weighted by atomic mass is 16.2. The molecule has 0 saturated carbocycles. The molecule has 1 aromatic carbocycles. The summed E-state index contributed by atoms with van der Waals surface area (Å²) in [6.45, 7) is 3.55. The molecule has 0 atom stereocenters. The predicted octanol–water partition coefficient (Wildman–Crippen LogP) is 4.58. The molecule has 4 heterocycles. The molecule has 5 nitrogen and oxygen atoms in total. The molecule has 0 aliphatic carbocycles. The van der Waals surface area contributed by atoms with Gasteiger partial charge in [-0.25, -0.2) is 4.98 Å². The summed E-state index contributed by atoms with van der Waals surface area (Å²) < 4.78 is 2.03. The number of nitrogens with zero attached hydrogens (tertiary/aromatic N) is 4. The van der Waals surface area contributed by atoms with Gasteiger partial charge in [-0.3, -0.25) is 9.78 Å². The van der Waals surface area contributed by atoms with Crippen LogP contribution in [-0.4, -0.2) is 38.3 Å². The number of hydrogen-bond acceptors (Lipinski definition) is 3. The number of benzene rings is 1. The molecule has 32 heavy (non-hydrogen) atoms. The number of likely N-dealkylation sites (tertiary alicyclic amines) is 1. The van der Waals surface area contributed by atoms with E-state index < -0.39 is 0 Å². The molecule has 4 aromatic rings. The molecule has 0 radical (unpaired) electrons. The number of aromatic nitrogens is 3. The molecule has 3 aromatic heterocycles. The van der Waals surface area contributed by atoms with Crippen molar-refractivity contribution in [3.63, 3.8) is 0 Å². The van der Waals surface area contributed by atoms with Gasteiger partial charge in [0.25, 0.3) is 0 Å². The minimum atomic E-state index is 0.184. The fraction of sp³-hybridized carbons (Fsp3) is 0.296. The Morgan fingerprint density at radius 2 is 1.75 bits per heavy atom. The van der Waals surface area contributed by atoms with Crippen LogP contribution in [0.25, 0.3) is 5.65 Å². The molecule has 1 amide bonds. The molecule has 1 aliphatic heterocycles. The van der Waals surface area contributed by atoms with Crippen molar-refractivity contribution in [2.24, 2.45) is 0 Å². The third kappa shape index (κ3) is 4.28. The van der Waals surface area contributed by atoms with E-state index in [1.54, 1.807) is 0 Å². The largest absolute Gasteiger partial charge is 0.342 e. The maximum atomic E-state index is 13.0. The lowest BCUT2D eigenvalue weighted by molar-refractivity contribution is -0.131. The average molecular weight is 425 g/mol. The van der Waals surface area contributed by atoms with Gasteiger partial charge < -0.3 is 9.30 Å². The van der Waals surface area contributed by atoms with Crippen LogP contribution < -0.4 is 0 Å². The number of carbonyl (C=O) groups excluding carboxylic acids is 1. The summed E-state index contributed by atoms with van der Waals surface area (Å²) in [5, 5.41) is 0. The van der Waals surface area contributed by atoms with E-state index >= 15 is 0 Å². The normalized spacial score (nSPS) is 14.7. The number of piperidine rings is 1. The van der Waals surface area contributed by atoms with E-state index in [2.05, 4.69) is 41.4 Å². The van der Waals surface area contributed by atoms with E-state index in [0.717, 1.165) is 55.1 Å². The van der Waals surface area contributed by atoms with Crippen molar-refractivity contribution in [3.05, 3.63) is 101 Å². The first-order valence-electron chi connectivity index (χ1n) is 11.4. The van der Waals surface area contributed by atoms with Gasteiger partial charge in [0, 0.05) is 37.1 Å². The number of carbonyl (C=O) groups is 1. The van der Waals surface area contributed by atoms with Crippen molar-refractivity contribution < 1.29 is 4.79 Å². The molecule has 0 bridgehead atoms. The smallest absolute Gasteiger partial charge is 0.228 e. The second-order valence-corrected chi connectivity index (χ2v) is 8.66. The summed E-state index contributed by atoms with van der Waals surface area (Å²) in [6.07, 6.45) is 7.22. The summed E-state index contributed by atoms with van der Waals surface area (Å²) in [5.41, 5.74) is 6.49. The van der Waals surface area contributed by atoms with E-state index in [1.165, 1.54) is 11.1 Å². The first-order valence-corrected chi connectivity index (χ1v) is 11.4. The molecule has 5 heteroatoms. The van der Waals surface area contributed by atoms with Crippen molar-refractivity contribution >= 4 is 11.6 Å². The highest BCUT2D eigenvalue weighted by Gasteiger charge is 2.25. The summed E-state index contributed by atoms with van der Waals surface area (Å²) in [7, 11) is 0. The number of imidazole rings is 1. The number of amides is 1. The van der Waals surface area contributed by atoms with Gasteiger partial charge in [-0.2, -0.15) is 0 Å². The summed E-state index contributed by atoms with van der Waals surface area (Å²) in [5.74, 6) is 0.603. The first kappa shape index (κ1) is 20.4. The van der Waals surface area contributed by atoms with Crippen molar-refractivity contribution in [3.8, 4) is 0 Å². The van der Waals surface area contributed by atoms with Crippen LogP contribution >= 0.6 is 0 Å². The van der Waals surface area contributed by atoms with Crippen LogP contribution in [0.1, 0.15) is 47.0 Å². The lowest BCUT2D eigenvalue weighted by atomic mass is 9.92. The maximum absolute atomic E-state index is 13.0. The Kier molecular flexibility index (Phi) is 5.71. The second kappa shape index (κ2) is 8.95. The minimum Gasteiger partial charge on any atom is -0.342 e. The molecular formula is C27H28N4O. The zero-order valence-electron chi connectivity index (χ0n) is 18.4. The van der Waals surface area contributed by atoms with Crippen LogP contribution in [0.15, 0.2) is 73.1 Å². The fourth-order valence-corrected chi connectivity index (χ4v) is 4.67. The third-order valence-corrected chi connectivity index (χ3v) is 6.51. The van der Waals surface area contributed by atoms with Gasteiger partial charge >= 0.3 is 0 Å². The zero-order chi connectivity index (χ0) is 21.9. The van der Waals surface area contributed by atoms with E-state index in [-0.39, 0.29) is 5.91 Å². The Morgan fingerprint density at radius 3 is 2.50 bits per heavy atom. The summed E-state index contributed by atoms with van der Waals surface area (Å²) in [4.78, 5) is 24.3. The average Bonchev–Trinajstić information content (AvgIpc) is 3.15. The van der Waals surface area contributed by atoms with Crippen LogP contribution in [-0.2, 0) is 17.6 Å². The standard InChI is InChI=1S/C27H28N4O/c1-20-25(31-14-6-5-9-26(31)29-20)18-27(32)30-15-12-23(13-16-30)24-11-10-22(19-28-24)17-21-7-3-2-4-8-21/h2-11,14,19,23H,12-13,15-18H2,1H3. The van der Waals surface area contributed by atoms with Crippen LogP contribution in [0.4, 0.5) is 0 Å².